The van der Waals surface area contributed by atoms with Gasteiger partial charge in [-0.3, -0.25) is 0 Å². The van der Waals surface area contributed by atoms with Crippen LogP contribution in [-0.2, 0) is 12.8 Å². The van der Waals surface area contributed by atoms with Crippen molar-refractivity contribution in [2.24, 2.45) is 0 Å². The minimum atomic E-state index is 0.376. The molecule has 270 valence electrons. The molecular weight excluding hydrogens is 649 g/mol. The quantitative estimate of drug-likeness (QED) is 0.0878. The van der Waals surface area contributed by atoms with Gasteiger partial charge in [0.25, 0.3) is 0 Å². The second kappa shape index (κ2) is 15.4. The molecule has 0 fully saturated rings. The van der Waals surface area contributed by atoms with E-state index >= 15 is 0 Å². The van der Waals surface area contributed by atoms with Gasteiger partial charge in [0.2, 0.25) is 0 Å². The second-order valence-corrected chi connectivity index (χ2v) is 16.3. The molecule has 0 amide bonds. The molecule has 0 heterocycles. The first-order chi connectivity index (χ1) is 26.7. The van der Waals surface area contributed by atoms with Gasteiger partial charge in [0.15, 0.2) is 0 Å². The van der Waals surface area contributed by atoms with Gasteiger partial charge in [-0.05, 0) is 175 Å². The molecule has 7 aromatic rings. The van der Waals surface area contributed by atoms with Crippen LogP contribution in [0.5, 0.6) is 0 Å². The molecule has 0 N–H and O–H groups in total. The van der Waals surface area contributed by atoms with Crippen molar-refractivity contribution in [3.8, 4) is 0 Å². The molecule has 0 nitrogen and oxygen atoms in total. The predicted molar refractivity (Wildman–Crippen MR) is 236 cm³/mol. The van der Waals surface area contributed by atoms with Crippen LogP contribution in [-0.4, -0.2) is 0 Å². The number of rotatable bonds is 12. The Balaban J connectivity index is 1.18. The highest BCUT2D eigenvalue weighted by atomic mass is 14.3. The first-order valence-electron chi connectivity index (χ1n) is 21.1. The van der Waals surface area contributed by atoms with Crippen LogP contribution in [0.25, 0.3) is 55.2 Å². The maximum Gasteiger partial charge on any atom is 0.0133 e. The molecule has 0 saturated heterocycles. The molecule has 0 saturated carbocycles. The number of hydrogen-bond acceptors (Lipinski definition) is 0. The van der Waals surface area contributed by atoms with Gasteiger partial charge in [-0.15, -0.1) is 0 Å². The molecule has 0 aliphatic heterocycles. The van der Waals surface area contributed by atoms with Crippen LogP contribution < -0.4 is 0 Å². The van der Waals surface area contributed by atoms with Gasteiger partial charge in [-0.2, -0.15) is 0 Å². The zero-order valence-corrected chi connectivity index (χ0v) is 32.3. The third kappa shape index (κ3) is 6.81. The zero-order chi connectivity index (χ0) is 36.4. The highest BCUT2D eigenvalue weighted by molar-refractivity contribution is 6.01. The van der Waals surface area contributed by atoms with E-state index in [0.717, 1.165) is 25.7 Å². The summed E-state index contributed by atoms with van der Waals surface area (Å²) >= 11 is 0. The number of unbranched alkanes of at least 4 members (excludes halogenated alkanes) is 6. The van der Waals surface area contributed by atoms with E-state index in [1.165, 1.54) is 117 Å². The summed E-state index contributed by atoms with van der Waals surface area (Å²) in [4.78, 5) is 0. The van der Waals surface area contributed by atoms with Crippen molar-refractivity contribution >= 4 is 55.2 Å². The van der Waals surface area contributed by atoms with Crippen molar-refractivity contribution in [1.82, 2.24) is 0 Å². The lowest BCUT2D eigenvalue weighted by atomic mass is 9.74. The van der Waals surface area contributed by atoms with Crippen LogP contribution in [0.1, 0.15) is 134 Å². The number of aryl methyl sites for hydroxylation is 2. The van der Waals surface area contributed by atoms with E-state index in [-0.39, 0.29) is 0 Å². The molecule has 0 radical (unpaired) electrons. The maximum atomic E-state index is 2.72. The number of hydrogen-bond donors (Lipinski definition) is 0. The lowest BCUT2D eigenvalue weighted by Gasteiger charge is -2.30. The van der Waals surface area contributed by atoms with E-state index in [1.807, 2.05) is 0 Å². The normalized spacial score (nSPS) is 16.4. The Morgan fingerprint density at radius 2 is 0.778 bits per heavy atom. The molecule has 0 spiro atoms. The lowest BCUT2D eigenvalue weighted by Crippen LogP contribution is -2.14. The van der Waals surface area contributed by atoms with E-state index < -0.39 is 0 Å². The van der Waals surface area contributed by atoms with Crippen LogP contribution >= 0.6 is 0 Å². The van der Waals surface area contributed by atoms with Gasteiger partial charge >= 0.3 is 0 Å². The molecule has 0 heteroatoms. The Bertz CT molecular complexity index is 2360. The number of allylic oxidation sites excluding steroid dienone is 2. The molecule has 2 atom stereocenters. The average Bonchev–Trinajstić information content (AvgIpc) is 3.20. The number of fused-ring (bicyclic) bond motifs is 6. The zero-order valence-electron chi connectivity index (χ0n) is 32.3. The van der Waals surface area contributed by atoms with Crippen molar-refractivity contribution in [1.29, 1.82) is 0 Å². The fraction of sp³-hybridized carbons (Fsp3) is 0.296. The molecule has 9 rings (SSSR count). The van der Waals surface area contributed by atoms with E-state index in [2.05, 4.69) is 147 Å². The third-order valence-electron chi connectivity index (χ3n) is 12.7. The summed E-state index contributed by atoms with van der Waals surface area (Å²) in [5.41, 5.74) is 12.1. The SMILES string of the molecule is CCCCCCc1cc(C2CC=Cc3cc4cc5ccccc5cc4cc32)c(CCCCCC)cc1C1CC=Cc2cc3cc4ccccc4cc3cc21. The van der Waals surface area contributed by atoms with Crippen LogP contribution in [0, 0.1) is 0 Å². The fourth-order valence-corrected chi connectivity index (χ4v) is 9.75. The van der Waals surface area contributed by atoms with Crippen molar-refractivity contribution in [3.05, 3.63) is 166 Å². The van der Waals surface area contributed by atoms with Crippen molar-refractivity contribution < 1.29 is 0 Å². The first kappa shape index (κ1) is 34.8. The monoisotopic (exact) mass is 702 g/mol. The highest BCUT2D eigenvalue weighted by Gasteiger charge is 2.27. The lowest BCUT2D eigenvalue weighted by molar-refractivity contribution is 0.652. The number of benzene rings is 7. The van der Waals surface area contributed by atoms with Crippen molar-refractivity contribution in [3.63, 3.8) is 0 Å². The average molecular weight is 703 g/mol. The van der Waals surface area contributed by atoms with Crippen LogP contribution in [0.3, 0.4) is 0 Å². The van der Waals surface area contributed by atoms with E-state index in [4.69, 9.17) is 0 Å². The molecule has 7 aromatic carbocycles. The Kier molecular flexibility index (Phi) is 9.94. The van der Waals surface area contributed by atoms with E-state index in [1.54, 1.807) is 22.3 Å². The molecule has 0 bridgehead atoms. The van der Waals surface area contributed by atoms with Crippen LogP contribution in [0.15, 0.2) is 121 Å². The summed E-state index contributed by atoms with van der Waals surface area (Å²) in [6.07, 6.45) is 24.4. The first-order valence-corrected chi connectivity index (χ1v) is 21.1. The van der Waals surface area contributed by atoms with E-state index in [9.17, 15) is 0 Å². The summed E-state index contributed by atoms with van der Waals surface area (Å²) in [6.45, 7) is 4.66. The Morgan fingerprint density at radius 1 is 0.389 bits per heavy atom. The molecular formula is C54H54. The predicted octanol–water partition coefficient (Wildman–Crippen LogP) is 15.6. The van der Waals surface area contributed by atoms with Gasteiger partial charge in [0.1, 0.15) is 0 Å². The molecule has 2 aliphatic carbocycles. The van der Waals surface area contributed by atoms with Gasteiger partial charge in [0, 0.05) is 11.8 Å². The van der Waals surface area contributed by atoms with Gasteiger partial charge < -0.3 is 0 Å². The Hall–Kier alpha value is -4.94. The standard InChI is InChI=1S/C54H54/c1-3-5-7-9-21-43-33-52(50-26-16-24-42-32-46-28-38-18-12-14-20-40(38)30-48(46)36-54(42)50)44(22-10-8-6-4-2)34-51(43)49-25-15-23-41-31-45-27-37-17-11-13-19-39(37)29-47(45)35-53(41)49/h11-20,23-24,27-36,49-50H,3-10,21-22,25-26H2,1-2H3. The Morgan fingerprint density at radius 3 is 1.17 bits per heavy atom. The van der Waals surface area contributed by atoms with E-state index in [0.29, 0.717) is 11.8 Å². The smallest absolute Gasteiger partial charge is 0.0133 e. The minimum Gasteiger partial charge on any atom is -0.0830 e. The fourth-order valence-electron chi connectivity index (χ4n) is 9.75. The molecule has 0 aromatic heterocycles. The van der Waals surface area contributed by atoms with Crippen LogP contribution in [0.4, 0.5) is 0 Å². The van der Waals surface area contributed by atoms with Gasteiger partial charge in [-0.25, -0.2) is 0 Å². The summed E-state index contributed by atoms with van der Waals surface area (Å²) in [7, 11) is 0. The molecule has 54 heavy (non-hydrogen) atoms. The third-order valence-corrected chi connectivity index (χ3v) is 12.7. The highest BCUT2D eigenvalue weighted by Crippen LogP contribution is 2.45. The van der Waals surface area contributed by atoms with Crippen molar-refractivity contribution in [2.45, 2.75) is 103 Å². The topological polar surface area (TPSA) is 0 Å². The molecule has 2 unspecified atom stereocenters. The summed E-state index contributed by atoms with van der Waals surface area (Å²) in [5.74, 6) is 0.752. The summed E-state index contributed by atoms with van der Waals surface area (Å²) in [5, 5.41) is 10.7. The van der Waals surface area contributed by atoms with Crippen LogP contribution in [0.2, 0.25) is 0 Å². The minimum absolute atomic E-state index is 0.376. The summed E-state index contributed by atoms with van der Waals surface area (Å²) < 4.78 is 0. The second-order valence-electron chi connectivity index (χ2n) is 16.3. The molecule has 2 aliphatic rings. The Labute approximate surface area is 322 Å². The summed E-state index contributed by atoms with van der Waals surface area (Å²) in [6, 6.07) is 42.7. The van der Waals surface area contributed by atoms with Gasteiger partial charge in [-0.1, -0.05) is 137 Å². The van der Waals surface area contributed by atoms with Gasteiger partial charge in [0.05, 0.1) is 0 Å². The van der Waals surface area contributed by atoms with Crippen molar-refractivity contribution in [2.75, 3.05) is 0 Å². The largest absolute Gasteiger partial charge is 0.0830 e. The maximum absolute atomic E-state index is 2.72.